The van der Waals surface area contributed by atoms with Crippen LogP contribution in [-0.2, 0) is 16.0 Å². The van der Waals surface area contributed by atoms with Crippen molar-refractivity contribution in [2.45, 2.75) is 64.7 Å². The van der Waals surface area contributed by atoms with E-state index in [1.807, 2.05) is 19.1 Å². The van der Waals surface area contributed by atoms with Crippen LogP contribution in [0, 0.1) is 6.92 Å². The Morgan fingerprint density at radius 2 is 1.63 bits per heavy atom. The summed E-state index contributed by atoms with van der Waals surface area (Å²) in [5.74, 6) is -0.445. The van der Waals surface area contributed by atoms with Gasteiger partial charge in [-0.25, -0.2) is 9.59 Å². The summed E-state index contributed by atoms with van der Waals surface area (Å²) in [5.41, 5.74) is 2.51. The van der Waals surface area contributed by atoms with Crippen molar-refractivity contribution in [2.75, 3.05) is 31.6 Å². The second-order valence-corrected chi connectivity index (χ2v) is 9.04. The molecule has 1 unspecified atom stereocenters. The molecule has 10 heteroatoms. The largest absolute Gasteiger partial charge is 0.492 e. The molecule has 2 aromatic rings. The maximum Gasteiger partial charge on any atom is 0.389 e. The highest BCUT2D eigenvalue weighted by molar-refractivity contribution is 5.89. The molecule has 2 rings (SSSR count). The Bertz CT molecular complexity index is 981. The van der Waals surface area contributed by atoms with Gasteiger partial charge >= 0.3 is 18.2 Å². The molecule has 0 heterocycles. The number of hydrogen-bond donors (Lipinski definition) is 2. The van der Waals surface area contributed by atoms with Gasteiger partial charge in [-0.15, -0.1) is 0 Å². The minimum atomic E-state index is -4.14. The van der Waals surface area contributed by atoms with Gasteiger partial charge in [0, 0.05) is 31.7 Å². The van der Waals surface area contributed by atoms with E-state index in [9.17, 15) is 27.9 Å². The third kappa shape index (κ3) is 12.3. The number of alkyl halides is 3. The first-order valence-corrected chi connectivity index (χ1v) is 12.8. The summed E-state index contributed by atoms with van der Waals surface area (Å²) in [6.07, 6.45) is -3.92. The molecular weight excluding hydrogens is 501 g/mol. The number of aliphatic carboxylic acids is 1. The summed E-state index contributed by atoms with van der Waals surface area (Å²) in [6.45, 7) is 4.88. The van der Waals surface area contributed by atoms with Gasteiger partial charge in [0.05, 0.1) is 6.54 Å². The quantitative estimate of drug-likeness (QED) is 0.240. The summed E-state index contributed by atoms with van der Waals surface area (Å²) >= 11 is 0. The standard InChI is InChI=1S/C28H37F3N2O5/c1-3-37-25(26(34)35)20-22-10-14-24(15-11-22)38-19-18-33(17-7-5-4-6-16-28(29,30)31)27(36)32-23-12-8-21(2)9-13-23/h8-15,25H,3-7,16-20H2,1-2H3,(H,32,36)(H,34,35). The monoisotopic (exact) mass is 538 g/mol. The molecule has 0 bridgehead atoms. The zero-order valence-electron chi connectivity index (χ0n) is 21.9. The average Bonchev–Trinajstić information content (AvgIpc) is 2.86. The number of hydrogen-bond acceptors (Lipinski definition) is 4. The molecule has 0 aliphatic heterocycles. The molecule has 0 aliphatic rings. The van der Waals surface area contributed by atoms with Gasteiger partial charge in [0.15, 0.2) is 6.10 Å². The van der Waals surface area contributed by atoms with E-state index in [4.69, 9.17) is 9.47 Å². The number of halogens is 3. The van der Waals surface area contributed by atoms with Crippen LogP contribution in [0.4, 0.5) is 23.7 Å². The topological polar surface area (TPSA) is 88.1 Å². The van der Waals surface area contributed by atoms with E-state index in [0.717, 1.165) is 11.1 Å². The molecule has 0 saturated heterocycles. The van der Waals surface area contributed by atoms with Crippen LogP contribution in [0.3, 0.4) is 0 Å². The molecule has 0 aromatic heterocycles. The Kier molecular flexibility index (Phi) is 12.9. The van der Waals surface area contributed by atoms with Crippen molar-refractivity contribution in [1.29, 1.82) is 0 Å². The number of carboxylic acids is 1. The maximum absolute atomic E-state index is 12.9. The van der Waals surface area contributed by atoms with Crippen LogP contribution in [0.2, 0.25) is 0 Å². The van der Waals surface area contributed by atoms with Gasteiger partial charge in [-0.05, 0) is 56.5 Å². The van der Waals surface area contributed by atoms with Gasteiger partial charge in [0.1, 0.15) is 12.4 Å². The number of nitrogens with zero attached hydrogens (tertiary/aromatic N) is 1. The SMILES string of the molecule is CCOC(Cc1ccc(OCCN(CCCCCCC(F)(F)F)C(=O)Nc2ccc(C)cc2)cc1)C(=O)O. The molecule has 1 atom stereocenters. The van der Waals surface area contributed by atoms with Crippen molar-refractivity contribution in [3.8, 4) is 5.75 Å². The lowest BCUT2D eigenvalue weighted by Crippen LogP contribution is -2.38. The van der Waals surface area contributed by atoms with Crippen molar-refractivity contribution >= 4 is 17.7 Å². The maximum atomic E-state index is 12.9. The number of aryl methyl sites for hydroxylation is 1. The lowest BCUT2D eigenvalue weighted by molar-refractivity contribution is -0.150. The number of benzene rings is 2. The van der Waals surface area contributed by atoms with E-state index in [0.29, 0.717) is 43.9 Å². The molecule has 210 valence electrons. The highest BCUT2D eigenvalue weighted by atomic mass is 19.4. The first kappa shape index (κ1) is 31.0. The molecule has 0 spiro atoms. The molecule has 38 heavy (non-hydrogen) atoms. The Balaban J connectivity index is 1.89. The summed E-state index contributed by atoms with van der Waals surface area (Å²) < 4.78 is 48.1. The molecule has 2 N–H and O–H groups in total. The third-order valence-electron chi connectivity index (χ3n) is 5.85. The van der Waals surface area contributed by atoms with Gasteiger partial charge in [0.25, 0.3) is 0 Å². The van der Waals surface area contributed by atoms with Gasteiger partial charge in [-0.2, -0.15) is 13.2 Å². The Hall–Kier alpha value is -3.27. The minimum Gasteiger partial charge on any atom is -0.492 e. The number of rotatable bonds is 16. The van der Waals surface area contributed by atoms with Crippen molar-refractivity contribution < 1.29 is 37.3 Å². The summed E-state index contributed by atoms with van der Waals surface area (Å²) in [4.78, 5) is 25.8. The van der Waals surface area contributed by atoms with E-state index < -0.39 is 24.7 Å². The normalized spacial score (nSPS) is 12.1. The second kappa shape index (κ2) is 15.9. The number of amides is 2. The van der Waals surface area contributed by atoms with E-state index in [1.165, 1.54) is 0 Å². The third-order valence-corrected chi connectivity index (χ3v) is 5.85. The Morgan fingerprint density at radius 3 is 2.24 bits per heavy atom. The lowest BCUT2D eigenvalue weighted by Gasteiger charge is -2.23. The van der Waals surface area contributed by atoms with Crippen LogP contribution < -0.4 is 10.1 Å². The Labute approximate surface area is 221 Å². The zero-order chi connectivity index (χ0) is 28.0. The fraction of sp³-hybridized carbons (Fsp3) is 0.500. The Morgan fingerprint density at radius 1 is 0.974 bits per heavy atom. The predicted molar refractivity (Wildman–Crippen MR) is 140 cm³/mol. The second-order valence-electron chi connectivity index (χ2n) is 9.04. The number of unbranched alkanes of at least 4 members (excludes halogenated alkanes) is 3. The number of carbonyl (C=O) groups excluding carboxylic acids is 1. The van der Waals surface area contributed by atoms with Crippen LogP contribution in [0.25, 0.3) is 0 Å². The molecule has 2 amide bonds. The highest BCUT2D eigenvalue weighted by Gasteiger charge is 2.25. The molecule has 0 radical (unpaired) electrons. The summed E-state index contributed by atoms with van der Waals surface area (Å²) in [6, 6.07) is 14.1. The number of ether oxygens (including phenoxy) is 2. The number of nitrogens with one attached hydrogen (secondary N) is 1. The molecule has 7 nitrogen and oxygen atoms in total. The molecule has 0 saturated carbocycles. The van der Waals surface area contributed by atoms with Crippen LogP contribution >= 0.6 is 0 Å². The van der Waals surface area contributed by atoms with Crippen LogP contribution in [0.5, 0.6) is 5.75 Å². The lowest BCUT2D eigenvalue weighted by atomic mass is 10.1. The summed E-state index contributed by atoms with van der Waals surface area (Å²) in [5, 5.41) is 12.1. The van der Waals surface area contributed by atoms with Gasteiger partial charge in [-0.1, -0.05) is 42.7 Å². The van der Waals surface area contributed by atoms with E-state index in [2.05, 4.69) is 5.32 Å². The molecular formula is C28H37F3N2O5. The van der Waals surface area contributed by atoms with Crippen molar-refractivity contribution in [2.24, 2.45) is 0 Å². The predicted octanol–water partition coefficient (Wildman–Crippen LogP) is 6.45. The van der Waals surface area contributed by atoms with Crippen LogP contribution in [0.1, 0.15) is 50.2 Å². The average molecular weight is 539 g/mol. The van der Waals surface area contributed by atoms with E-state index in [-0.39, 0.29) is 32.0 Å². The smallest absolute Gasteiger partial charge is 0.389 e. The fourth-order valence-corrected chi connectivity index (χ4v) is 3.76. The first-order valence-electron chi connectivity index (χ1n) is 12.8. The first-order chi connectivity index (χ1) is 18.1. The van der Waals surface area contributed by atoms with Crippen molar-refractivity contribution in [3.63, 3.8) is 0 Å². The van der Waals surface area contributed by atoms with Crippen LogP contribution in [0.15, 0.2) is 48.5 Å². The van der Waals surface area contributed by atoms with Gasteiger partial charge < -0.3 is 24.8 Å². The van der Waals surface area contributed by atoms with Crippen molar-refractivity contribution in [1.82, 2.24) is 4.90 Å². The fourth-order valence-electron chi connectivity index (χ4n) is 3.76. The number of carbonyl (C=O) groups is 2. The zero-order valence-corrected chi connectivity index (χ0v) is 21.9. The molecule has 0 fully saturated rings. The van der Waals surface area contributed by atoms with Gasteiger partial charge in [0.2, 0.25) is 0 Å². The van der Waals surface area contributed by atoms with E-state index in [1.54, 1.807) is 48.2 Å². The van der Waals surface area contributed by atoms with Gasteiger partial charge in [-0.3, -0.25) is 0 Å². The summed E-state index contributed by atoms with van der Waals surface area (Å²) in [7, 11) is 0. The number of anilines is 1. The van der Waals surface area contributed by atoms with E-state index >= 15 is 0 Å². The minimum absolute atomic E-state index is 0.0793. The highest BCUT2D eigenvalue weighted by Crippen LogP contribution is 2.23. The van der Waals surface area contributed by atoms with Crippen molar-refractivity contribution in [3.05, 3.63) is 59.7 Å². The number of urea groups is 1. The van der Waals surface area contributed by atoms with Crippen LogP contribution in [-0.4, -0.2) is 60.6 Å². The number of carboxylic acid groups (broad SMARTS) is 1. The molecule has 2 aromatic carbocycles. The molecule has 0 aliphatic carbocycles.